The number of hydrogen-bond acceptors (Lipinski definition) is 3. The molecule has 3 nitrogen and oxygen atoms in total. The van der Waals surface area contributed by atoms with E-state index in [1.54, 1.807) is 24.5 Å². The molecule has 2 rings (SSSR count). The highest BCUT2D eigenvalue weighted by Gasteiger charge is 2.02. The fourth-order valence-corrected chi connectivity index (χ4v) is 1.31. The van der Waals surface area contributed by atoms with Crippen LogP contribution in [-0.4, -0.2) is 9.97 Å². The average molecular weight is 218 g/mol. The van der Waals surface area contributed by atoms with Crippen LogP contribution >= 0.6 is 0 Å². The summed E-state index contributed by atoms with van der Waals surface area (Å²) >= 11 is 0. The van der Waals surface area contributed by atoms with Gasteiger partial charge in [0, 0.05) is 12.4 Å². The van der Waals surface area contributed by atoms with Gasteiger partial charge in [-0.15, -0.1) is 0 Å². The number of hydrogen-bond donors (Lipinski definition) is 0. The molecule has 0 spiro atoms. The third kappa shape index (κ3) is 2.53. The van der Waals surface area contributed by atoms with Crippen molar-refractivity contribution in [3.8, 4) is 5.88 Å². The Labute approximate surface area is 92.9 Å². The molecular formula is C12H11FN2O. The van der Waals surface area contributed by atoms with Crippen LogP contribution in [0.4, 0.5) is 4.39 Å². The topological polar surface area (TPSA) is 35.0 Å². The second-order valence-corrected chi connectivity index (χ2v) is 3.37. The molecular weight excluding hydrogens is 207 g/mol. The van der Waals surface area contributed by atoms with Gasteiger partial charge in [0.25, 0.3) is 0 Å². The third-order valence-corrected chi connectivity index (χ3v) is 2.10. The maximum absolute atomic E-state index is 12.9. The number of aryl methyl sites for hydroxylation is 1. The first-order chi connectivity index (χ1) is 7.75. The predicted molar refractivity (Wildman–Crippen MR) is 57.5 cm³/mol. The molecule has 1 aromatic carbocycles. The minimum Gasteiger partial charge on any atom is -0.472 e. The van der Waals surface area contributed by atoms with E-state index in [9.17, 15) is 4.39 Å². The predicted octanol–water partition coefficient (Wildman–Crippen LogP) is 2.50. The highest BCUT2D eigenvalue weighted by molar-refractivity contribution is 5.18. The van der Waals surface area contributed by atoms with E-state index in [4.69, 9.17) is 4.74 Å². The van der Waals surface area contributed by atoms with Crippen LogP contribution in [0.15, 0.2) is 36.7 Å². The van der Waals surface area contributed by atoms with Crippen LogP contribution in [-0.2, 0) is 6.61 Å². The molecule has 0 atom stereocenters. The average Bonchev–Trinajstić information content (AvgIpc) is 2.28. The lowest BCUT2D eigenvalue weighted by Gasteiger charge is -2.06. The van der Waals surface area contributed by atoms with Gasteiger partial charge in [-0.05, 0) is 24.6 Å². The van der Waals surface area contributed by atoms with E-state index >= 15 is 0 Å². The van der Waals surface area contributed by atoms with Crippen molar-refractivity contribution in [2.75, 3.05) is 0 Å². The Hall–Kier alpha value is -1.97. The molecule has 0 amide bonds. The zero-order valence-electron chi connectivity index (χ0n) is 8.85. The van der Waals surface area contributed by atoms with E-state index < -0.39 is 0 Å². The molecule has 0 fully saturated rings. The van der Waals surface area contributed by atoms with Gasteiger partial charge in [0.05, 0.1) is 5.69 Å². The van der Waals surface area contributed by atoms with Crippen LogP contribution in [0.3, 0.4) is 0 Å². The summed E-state index contributed by atoms with van der Waals surface area (Å²) in [5.41, 5.74) is 1.49. The normalized spacial score (nSPS) is 10.1. The van der Waals surface area contributed by atoms with Gasteiger partial charge in [-0.1, -0.05) is 12.1 Å². The number of ether oxygens (including phenoxy) is 1. The quantitative estimate of drug-likeness (QED) is 0.793. The number of nitrogens with zero attached hydrogens (tertiary/aromatic N) is 2. The number of aromatic nitrogens is 2. The minimum atomic E-state index is -0.267. The van der Waals surface area contributed by atoms with Crippen LogP contribution < -0.4 is 4.74 Å². The Morgan fingerprint density at radius 2 is 2.06 bits per heavy atom. The monoisotopic (exact) mass is 218 g/mol. The van der Waals surface area contributed by atoms with Crippen molar-refractivity contribution in [3.05, 3.63) is 53.7 Å². The summed E-state index contributed by atoms with van der Waals surface area (Å²) in [5, 5.41) is 0. The molecule has 1 heterocycles. The van der Waals surface area contributed by atoms with Gasteiger partial charge in [0.2, 0.25) is 5.88 Å². The molecule has 16 heavy (non-hydrogen) atoms. The molecule has 0 bridgehead atoms. The molecule has 0 radical (unpaired) electrons. The Bertz CT molecular complexity index is 488. The molecule has 0 aliphatic rings. The highest BCUT2D eigenvalue weighted by atomic mass is 19.1. The van der Waals surface area contributed by atoms with Crippen molar-refractivity contribution in [1.82, 2.24) is 9.97 Å². The van der Waals surface area contributed by atoms with Crippen molar-refractivity contribution in [2.45, 2.75) is 13.5 Å². The van der Waals surface area contributed by atoms with Crippen LogP contribution in [0.5, 0.6) is 5.88 Å². The molecule has 82 valence electrons. The second-order valence-electron chi connectivity index (χ2n) is 3.37. The Balaban J connectivity index is 2.05. The van der Waals surface area contributed by atoms with Gasteiger partial charge >= 0.3 is 0 Å². The molecule has 0 unspecified atom stereocenters. The molecule has 1 aromatic heterocycles. The van der Waals surface area contributed by atoms with Crippen LogP contribution in [0.1, 0.15) is 11.3 Å². The van der Waals surface area contributed by atoms with Gasteiger partial charge in [-0.2, -0.15) is 0 Å². The Kier molecular flexibility index (Phi) is 3.10. The van der Waals surface area contributed by atoms with E-state index in [-0.39, 0.29) is 12.4 Å². The number of rotatable bonds is 3. The first-order valence-electron chi connectivity index (χ1n) is 4.90. The minimum absolute atomic E-state index is 0.267. The maximum Gasteiger partial charge on any atom is 0.235 e. The molecule has 0 saturated heterocycles. The first-order valence-corrected chi connectivity index (χ1v) is 4.90. The van der Waals surface area contributed by atoms with E-state index in [2.05, 4.69) is 9.97 Å². The first kappa shape index (κ1) is 10.5. The van der Waals surface area contributed by atoms with Gasteiger partial charge < -0.3 is 4.74 Å². The molecule has 0 N–H and O–H groups in total. The third-order valence-electron chi connectivity index (χ3n) is 2.10. The summed E-state index contributed by atoms with van der Waals surface area (Å²) < 4.78 is 18.3. The Morgan fingerprint density at radius 1 is 1.25 bits per heavy atom. The number of halogens is 1. The Morgan fingerprint density at radius 3 is 2.81 bits per heavy atom. The van der Waals surface area contributed by atoms with Crippen molar-refractivity contribution < 1.29 is 9.13 Å². The maximum atomic E-state index is 12.9. The largest absolute Gasteiger partial charge is 0.472 e. The SMILES string of the molecule is Cc1nccnc1OCc1cccc(F)c1. The van der Waals surface area contributed by atoms with E-state index in [1.807, 2.05) is 6.92 Å². The molecule has 0 saturated carbocycles. The van der Waals surface area contributed by atoms with Crippen LogP contribution in [0.25, 0.3) is 0 Å². The van der Waals surface area contributed by atoms with Crippen LogP contribution in [0, 0.1) is 12.7 Å². The summed E-state index contributed by atoms with van der Waals surface area (Å²) in [7, 11) is 0. The van der Waals surface area contributed by atoms with Crippen molar-refractivity contribution in [2.24, 2.45) is 0 Å². The fraction of sp³-hybridized carbons (Fsp3) is 0.167. The number of benzene rings is 1. The van der Waals surface area contributed by atoms with E-state index in [1.165, 1.54) is 12.1 Å². The lowest BCUT2D eigenvalue weighted by atomic mass is 10.2. The van der Waals surface area contributed by atoms with Crippen molar-refractivity contribution >= 4 is 0 Å². The molecule has 0 aliphatic carbocycles. The smallest absolute Gasteiger partial charge is 0.235 e. The highest BCUT2D eigenvalue weighted by Crippen LogP contribution is 2.12. The van der Waals surface area contributed by atoms with Gasteiger partial charge in [0.15, 0.2) is 0 Å². The summed E-state index contributed by atoms with van der Waals surface area (Å²) in [6.07, 6.45) is 3.16. The molecule has 4 heteroatoms. The molecule has 2 aromatic rings. The summed E-state index contributed by atoms with van der Waals surface area (Å²) in [5.74, 6) is 0.212. The van der Waals surface area contributed by atoms with Gasteiger partial charge in [0.1, 0.15) is 12.4 Å². The van der Waals surface area contributed by atoms with Gasteiger partial charge in [-0.3, -0.25) is 4.98 Å². The van der Waals surface area contributed by atoms with Gasteiger partial charge in [-0.25, -0.2) is 9.37 Å². The molecule has 0 aliphatic heterocycles. The lowest BCUT2D eigenvalue weighted by Crippen LogP contribution is -2.00. The second kappa shape index (κ2) is 4.70. The lowest BCUT2D eigenvalue weighted by molar-refractivity contribution is 0.289. The van der Waals surface area contributed by atoms with Crippen LogP contribution in [0.2, 0.25) is 0 Å². The summed E-state index contributed by atoms with van der Waals surface area (Å²) in [6, 6.07) is 6.29. The van der Waals surface area contributed by atoms with Crippen molar-refractivity contribution in [1.29, 1.82) is 0 Å². The van der Waals surface area contributed by atoms with E-state index in [0.29, 0.717) is 5.88 Å². The van der Waals surface area contributed by atoms with E-state index in [0.717, 1.165) is 11.3 Å². The fourth-order valence-electron chi connectivity index (χ4n) is 1.31. The summed E-state index contributed by atoms with van der Waals surface area (Å²) in [4.78, 5) is 8.08. The summed E-state index contributed by atoms with van der Waals surface area (Å²) in [6.45, 7) is 2.10. The zero-order valence-corrected chi connectivity index (χ0v) is 8.85. The zero-order chi connectivity index (χ0) is 11.4. The van der Waals surface area contributed by atoms with Crippen molar-refractivity contribution in [3.63, 3.8) is 0 Å². The standard InChI is InChI=1S/C12H11FN2O/c1-9-12(15-6-5-14-9)16-8-10-3-2-4-11(13)7-10/h2-7H,8H2,1H3.